The number of carbonyl (C=O) groups is 1. The van der Waals surface area contributed by atoms with Crippen LogP contribution in [0, 0.1) is 0 Å². The molecule has 0 aliphatic rings. The summed E-state index contributed by atoms with van der Waals surface area (Å²) in [6, 6.07) is 18.5. The van der Waals surface area contributed by atoms with E-state index in [0.717, 1.165) is 16.3 Å². The molecule has 120 valence electrons. The summed E-state index contributed by atoms with van der Waals surface area (Å²) in [7, 11) is 1.60. The summed E-state index contributed by atoms with van der Waals surface area (Å²) >= 11 is 5.89. The molecule has 0 radical (unpaired) electrons. The highest BCUT2D eigenvalue weighted by molar-refractivity contribution is 6.30. The lowest BCUT2D eigenvalue weighted by Gasteiger charge is -2.08. The quantitative estimate of drug-likeness (QED) is 0.570. The molecule has 1 amide bonds. The lowest BCUT2D eigenvalue weighted by atomic mass is 10.0. The third kappa shape index (κ3) is 3.39. The molecule has 0 aliphatic heterocycles. The molecule has 3 aromatic rings. The number of fused-ring (bicyclic) bond motifs is 1. The molecule has 0 fully saturated rings. The molecule has 0 atom stereocenters. The van der Waals surface area contributed by atoms with E-state index in [1.165, 1.54) is 0 Å². The van der Waals surface area contributed by atoms with Gasteiger partial charge in [-0.05, 0) is 35.0 Å². The van der Waals surface area contributed by atoms with E-state index in [4.69, 9.17) is 16.3 Å². The molecule has 0 aliphatic carbocycles. The van der Waals surface area contributed by atoms with Crippen LogP contribution in [-0.4, -0.2) is 19.2 Å². The van der Waals surface area contributed by atoms with Gasteiger partial charge in [0.2, 0.25) is 0 Å². The van der Waals surface area contributed by atoms with E-state index in [1.807, 2.05) is 36.4 Å². The number of carbonyl (C=O) groups excluding carboxylic acids is 1. The maximum Gasteiger partial charge on any atom is 0.271 e. The van der Waals surface area contributed by atoms with Gasteiger partial charge in [-0.25, -0.2) is 5.43 Å². The molecule has 5 heteroatoms. The first-order valence-corrected chi connectivity index (χ1v) is 7.71. The highest BCUT2D eigenvalue weighted by atomic mass is 35.5. The Hall–Kier alpha value is -2.85. The summed E-state index contributed by atoms with van der Waals surface area (Å²) in [5.41, 5.74) is 3.76. The Bertz CT molecular complexity index is 922. The van der Waals surface area contributed by atoms with E-state index in [-0.39, 0.29) is 5.91 Å². The fourth-order valence-electron chi connectivity index (χ4n) is 2.44. The van der Waals surface area contributed by atoms with Crippen molar-refractivity contribution in [3.8, 4) is 5.75 Å². The average molecular weight is 339 g/mol. The van der Waals surface area contributed by atoms with E-state index < -0.39 is 0 Å². The smallest absolute Gasteiger partial charge is 0.271 e. The zero-order valence-corrected chi connectivity index (χ0v) is 13.7. The van der Waals surface area contributed by atoms with E-state index in [9.17, 15) is 4.79 Å². The summed E-state index contributed by atoms with van der Waals surface area (Å²) in [4.78, 5) is 12.1. The van der Waals surface area contributed by atoms with Gasteiger partial charge < -0.3 is 4.74 Å². The van der Waals surface area contributed by atoms with Gasteiger partial charge in [0, 0.05) is 16.1 Å². The van der Waals surface area contributed by atoms with Gasteiger partial charge in [-0.15, -0.1) is 0 Å². The molecule has 0 bridgehead atoms. The number of hydrogen-bond donors (Lipinski definition) is 1. The summed E-state index contributed by atoms with van der Waals surface area (Å²) in [5.74, 6) is 0.363. The number of nitrogens with one attached hydrogen (secondary N) is 1. The number of ether oxygens (including phenoxy) is 1. The topological polar surface area (TPSA) is 50.7 Å². The fraction of sp³-hybridized carbons (Fsp3) is 0.0526. The van der Waals surface area contributed by atoms with Crippen molar-refractivity contribution in [2.45, 2.75) is 0 Å². The van der Waals surface area contributed by atoms with Crippen LogP contribution in [-0.2, 0) is 0 Å². The van der Waals surface area contributed by atoms with Crippen LogP contribution >= 0.6 is 11.6 Å². The fourth-order valence-corrected chi connectivity index (χ4v) is 2.63. The molecular formula is C19H15ClN2O2. The summed E-state index contributed by atoms with van der Waals surface area (Å²) in [6.07, 6.45) is 1.59. The van der Waals surface area contributed by atoms with Crippen LogP contribution in [0.1, 0.15) is 15.9 Å². The first kappa shape index (κ1) is 16.0. The number of halogens is 1. The number of rotatable bonds is 4. The lowest BCUT2D eigenvalue weighted by Crippen LogP contribution is -2.17. The Morgan fingerprint density at radius 3 is 2.75 bits per heavy atom. The molecule has 0 unspecified atom stereocenters. The molecule has 1 N–H and O–H groups in total. The minimum absolute atomic E-state index is 0.326. The maximum atomic E-state index is 12.1. The molecule has 4 nitrogen and oxygen atoms in total. The van der Waals surface area contributed by atoms with Crippen molar-refractivity contribution < 1.29 is 9.53 Å². The van der Waals surface area contributed by atoms with Gasteiger partial charge in [0.05, 0.1) is 13.3 Å². The first-order valence-electron chi connectivity index (χ1n) is 7.34. The minimum Gasteiger partial charge on any atom is -0.496 e. The lowest BCUT2D eigenvalue weighted by molar-refractivity contribution is 0.0955. The third-order valence-corrected chi connectivity index (χ3v) is 3.83. The van der Waals surface area contributed by atoms with Gasteiger partial charge in [0.25, 0.3) is 5.91 Å². The zero-order chi connectivity index (χ0) is 16.9. The monoisotopic (exact) mass is 338 g/mol. The van der Waals surface area contributed by atoms with Crippen molar-refractivity contribution in [3.05, 3.63) is 76.8 Å². The second kappa shape index (κ2) is 7.15. The van der Waals surface area contributed by atoms with Crippen LogP contribution in [0.25, 0.3) is 10.8 Å². The highest BCUT2D eigenvalue weighted by Crippen LogP contribution is 2.26. The maximum absolute atomic E-state index is 12.1. The van der Waals surface area contributed by atoms with Crippen molar-refractivity contribution in [2.75, 3.05) is 7.11 Å². The zero-order valence-electron chi connectivity index (χ0n) is 13.0. The molecule has 0 saturated carbocycles. The number of benzene rings is 3. The van der Waals surface area contributed by atoms with Gasteiger partial charge in [0.1, 0.15) is 5.75 Å². The van der Waals surface area contributed by atoms with Crippen LogP contribution in [0.2, 0.25) is 5.02 Å². The standard InChI is InChI=1S/C19H15ClN2O2/c1-24-18-10-9-13-5-2-3-8-16(13)17(18)12-21-22-19(23)14-6-4-7-15(20)11-14/h2-12H,1H3,(H,22,23)/b21-12+. The van der Waals surface area contributed by atoms with E-state index in [1.54, 1.807) is 37.6 Å². The minimum atomic E-state index is -0.326. The largest absolute Gasteiger partial charge is 0.496 e. The average Bonchev–Trinajstić information content (AvgIpc) is 2.61. The Morgan fingerprint density at radius 2 is 1.96 bits per heavy atom. The van der Waals surface area contributed by atoms with Gasteiger partial charge in [-0.1, -0.05) is 48.0 Å². The second-order valence-corrected chi connectivity index (χ2v) is 5.55. The predicted octanol–water partition coefficient (Wildman–Crippen LogP) is 4.27. The summed E-state index contributed by atoms with van der Waals surface area (Å²) in [5, 5.41) is 6.63. The second-order valence-electron chi connectivity index (χ2n) is 5.11. The number of hydrazone groups is 1. The Balaban J connectivity index is 1.86. The first-order chi connectivity index (χ1) is 11.7. The van der Waals surface area contributed by atoms with Crippen LogP contribution < -0.4 is 10.2 Å². The van der Waals surface area contributed by atoms with E-state index >= 15 is 0 Å². The van der Waals surface area contributed by atoms with Crippen LogP contribution in [0.4, 0.5) is 0 Å². The van der Waals surface area contributed by atoms with E-state index in [2.05, 4.69) is 10.5 Å². The van der Waals surface area contributed by atoms with Crippen LogP contribution in [0.15, 0.2) is 65.8 Å². The molecule has 0 spiro atoms. The number of methoxy groups -OCH3 is 1. The SMILES string of the molecule is COc1ccc2ccccc2c1/C=N/NC(=O)c1cccc(Cl)c1. The summed E-state index contributed by atoms with van der Waals surface area (Å²) in [6.45, 7) is 0. The Morgan fingerprint density at radius 1 is 1.12 bits per heavy atom. The molecule has 0 saturated heterocycles. The van der Waals surface area contributed by atoms with Crippen molar-refractivity contribution in [1.29, 1.82) is 0 Å². The number of amides is 1. The molecule has 3 rings (SSSR count). The third-order valence-electron chi connectivity index (χ3n) is 3.60. The van der Waals surface area contributed by atoms with Crippen LogP contribution in [0.5, 0.6) is 5.75 Å². The Kier molecular flexibility index (Phi) is 4.77. The van der Waals surface area contributed by atoms with Crippen molar-refractivity contribution in [3.63, 3.8) is 0 Å². The normalized spacial score (nSPS) is 10.9. The van der Waals surface area contributed by atoms with Crippen molar-refractivity contribution in [2.24, 2.45) is 5.10 Å². The number of hydrogen-bond acceptors (Lipinski definition) is 3. The molecule has 0 aromatic heterocycles. The Labute approximate surface area is 144 Å². The highest BCUT2D eigenvalue weighted by Gasteiger charge is 2.07. The van der Waals surface area contributed by atoms with E-state index in [0.29, 0.717) is 16.3 Å². The molecule has 3 aromatic carbocycles. The molecular weight excluding hydrogens is 324 g/mol. The summed E-state index contributed by atoms with van der Waals surface area (Å²) < 4.78 is 5.39. The van der Waals surface area contributed by atoms with Crippen molar-refractivity contribution >= 4 is 34.5 Å². The molecule has 24 heavy (non-hydrogen) atoms. The van der Waals surface area contributed by atoms with Gasteiger partial charge in [-0.2, -0.15) is 5.10 Å². The molecule has 0 heterocycles. The van der Waals surface area contributed by atoms with Crippen LogP contribution in [0.3, 0.4) is 0 Å². The van der Waals surface area contributed by atoms with Gasteiger partial charge in [-0.3, -0.25) is 4.79 Å². The van der Waals surface area contributed by atoms with Crippen molar-refractivity contribution in [1.82, 2.24) is 5.43 Å². The van der Waals surface area contributed by atoms with Gasteiger partial charge >= 0.3 is 0 Å². The van der Waals surface area contributed by atoms with Gasteiger partial charge in [0.15, 0.2) is 0 Å². The number of nitrogens with zero attached hydrogens (tertiary/aromatic N) is 1. The predicted molar refractivity (Wildman–Crippen MR) is 97.0 cm³/mol.